The first kappa shape index (κ1) is 23.4. The minimum Gasteiger partial charge on any atom is -0.497 e. The van der Waals surface area contributed by atoms with Gasteiger partial charge in [0.2, 0.25) is 0 Å². The summed E-state index contributed by atoms with van der Waals surface area (Å²) in [7, 11) is 3.29. The lowest BCUT2D eigenvalue weighted by Gasteiger charge is -2.40. The van der Waals surface area contributed by atoms with Crippen LogP contribution in [0, 0.1) is 0 Å². The van der Waals surface area contributed by atoms with Crippen molar-refractivity contribution in [3.63, 3.8) is 0 Å². The summed E-state index contributed by atoms with van der Waals surface area (Å²) in [5.74, 6) is 0.513. The molecule has 0 radical (unpaired) electrons. The molecule has 182 valence electrons. The van der Waals surface area contributed by atoms with Gasteiger partial charge in [-0.25, -0.2) is 0 Å². The normalized spacial score (nSPS) is 22.9. The number of ether oxygens (including phenoxy) is 3. The Labute approximate surface area is 207 Å². The van der Waals surface area contributed by atoms with Crippen LogP contribution in [0.1, 0.15) is 23.8 Å². The van der Waals surface area contributed by atoms with Gasteiger partial charge in [0.05, 0.1) is 13.2 Å². The van der Waals surface area contributed by atoms with Gasteiger partial charge in [-0.3, -0.25) is 9.69 Å². The third-order valence-corrected chi connectivity index (χ3v) is 7.22. The maximum atomic E-state index is 13.8. The minimum atomic E-state index is -0.792. The lowest BCUT2D eigenvalue weighted by atomic mass is 9.95. The van der Waals surface area contributed by atoms with Gasteiger partial charge in [0.25, 0.3) is 0 Å². The number of carbonyl (C=O) groups excluding carboxylic acids is 1. The SMILES string of the molecule is COc1ccc(C2(C(=O)OC(c3ccccc3)N3CCN(c4ccccc4)CC3)CC2OC)cc1. The van der Waals surface area contributed by atoms with Crippen molar-refractivity contribution in [2.24, 2.45) is 0 Å². The Balaban J connectivity index is 1.36. The topological polar surface area (TPSA) is 51.2 Å². The van der Waals surface area contributed by atoms with E-state index in [9.17, 15) is 4.79 Å². The van der Waals surface area contributed by atoms with Gasteiger partial charge >= 0.3 is 5.97 Å². The summed E-state index contributed by atoms with van der Waals surface area (Å²) in [6.45, 7) is 3.33. The molecule has 0 amide bonds. The second-order valence-electron chi connectivity index (χ2n) is 9.16. The Morgan fingerprint density at radius 1 is 0.857 bits per heavy atom. The van der Waals surface area contributed by atoms with Gasteiger partial charge in [-0.15, -0.1) is 0 Å². The molecule has 6 nitrogen and oxygen atoms in total. The second kappa shape index (κ2) is 10.1. The summed E-state index contributed by atoms with van der Waals surface area (Å²) in [6.07, 6.45) is -0.0394. The predicted molar refractivity (Wildman–Crippen MR) is 136 cm³/mol. The van der Waals surface area contributed by atoms with Crippen molar-refractivity contribution >= 4 is 11.7 Å². The molecular weight excluding hydrogens is 440 g/mol. The third-order valence-electron chi connectivity index (χ3n) is 7.22. The zero-order valence-corrected chi connectivity index (χ0v) is 20.3. The van der Waals surface area contributed by atoms with Gasteiger partial charge in [0.15, 0.2) is 6.23 Å². The molecule has 0 bridgehead atoms. The Morgan fingerprint density at radius 2 is 1.49 bits per heavy atom. The number of rotatable bonds is 8. The van der Waals surface area contributed by atoms with E-state index in [-0.39, 0.29) is 12.1 Å². The molecule has 35 heavy (non-hydrogen) atoms. The van der Waals surface area contributed by atoms with Crippen molar-refractivity contribution in [1.82, 2.24) is 4.90 Å². The summed E-state index contributed by atoms with van der Waals surface area (Å²) < 4.78 is 17.3. The van der Waals surface area contributed by atoms with Crippen LogP contribution in [0.2, 0.25) is 0 Å². The molecule has 6 heteroatoms. The molecule has 3 atom stereocenters. The van der Waals surface area contributed by atoms with Crippen LogP contribution in [-0.2, 0) is 19.7 Å². The van der Waals surface area contributed by atoms with Gasteiger partial charge in [-0.2, -0.15) is 0 Å². The zero-order valence-electron chi connectivity index (χ0n) is 20.3. The van der Waals surface area contributed by atoms with Crippen molar-refractivity contribution in [3.8, 4) is 5.75 Å². The van der Waals surface area contributed by atoms with Crippen molar-refractivity contribution < 1.29 is 19.0 Å². The second-order valence-corrected chi connectivity index (χ2v) is 9.16. The number of esters is 1. The van der Waals surface area contributed by atoms with Gasteiger partial charge in [0.1, 0.15) is 11.2 Å². The van der Waals surface area contributed by atoms with Crippen LogP contribution >= 0.6 is 0 Å². The number of benzene rings is 3. The highest BCUT2D eigenvalue weighted by atomic mass is 16.6. The molecule has 3 aromatic rings. The van der Waals surface area contributed by atoms with Crippen molar-refractivity contribution in [3.05, 3.63) is 96.1 Å². The molecule has 1 heterocycles. The number of piperazine rings is 1. The fourth-order valence-corrected chi connectivity index (χ4v) is 5.07. The summed E-state index contributed by atoms with van der Waals surface area (Å²) in [5.41, 5.74) is 2.31. The van der Waals surface area contributed by atoms with Crippen LogP contribution in [0.4, 0.5) is 5.69 Å². The predicted octanol–water partition coefficient (Wildman–Crippen LogP) is 4.42. The van der Waals surface area contributed by atoms with Crippen LogP contribution in [0.5, 0.6) is 5.75 Å². The maximum absolute atomic E-state index is 13.8. The third kappa shape index (κ3) is 4.64. The van der Waals surface area contributed by atoms with Gasteiger partial charge in [-0.05, 0) is 36.2 Å². The summed E-state index contributed by atoms with van der Waals surface area (Å²) >= 11 is 0. The number of para-hydroxylation sites is 1. The standard InChI is InChI=1S/C29H32N2O4/c1-33-25-15-13-23(14-16-25)29(21-26(29)34-2)28(32)35-27(22-9-5-3-6-10-22)31-19-17-30(18-20-31)24-11-7-4-8-12-24/h3-16,26-27H,17-21H2,1-2H3. The fraction of sp³-hybridized carbons (Fsp3) is 0.345. The van der Waals surface area contributed by atoms with Crippen LogP contribution in [-0.4, -0.2) is 57.4 Å². The zero-order chi connectivity index (χ0) is 24.3. The van der Waals surface area contributed by atoms with Crippen LogP contribution in [0.25, 0.3) is 0 Å². The highest BCUT2D eigenvalue weighted by Crippen LogP contribution is 2.52. The van der Waals surface area contributed by atoms with E-state index in [1.165, 1.54) is 5.69 Å². The van der Waals surface area contributed by atoms with E-state index in [1.807, 2.05) is 60.7 Å². The van der Waals surface area contributed by atoms with Crippen LogP contribution in [0.3, 0.4) is 0 Å². The first-order valence-electron chi connectivity index (χ1n) is 12.1. The summed E-state index contributed by atoms with van der Waals surface area (Å²) in [6, 6.07) is 28.1. The lowest BCUT2D eigenvalue weighted by molar-refractivity contribution is -0.165. The van der Waals surface area contributed by atoms with Crippen LogP contribution < -0.4 is 9.64 Å². The van der Waals surface area contributed by atoms with Gasteiger partial charge in [-0.1, -0.05) is 60.7 Å². The summed E-state index contributed by atoms with van der Waals surface area (Å²) in [5, 5.41) is 0. The lowest BCUT2D eigenvalue weighted by Crippen LogP contribution is -2.49. The van der Waals surface area contributed by atoms with Gasteiger partial charge in [0, 0.05) is 44.5 Å². The highest BCUT2D eigenvalue weighted by Gasteiger charge is 2.64. The maximum Gasteiger partial charge on any atom is 0.321 e. The highest BCUT2D eigenvalue weighted by molar-refractivity contribution is 5.88. The van der Waals surface area contributed by atoms with E-state index in [4.69, 9.17) is 14.2 Å². The van der Waals surface area contributed by atoms with Crippen molar-refractivity contribution in [1.29, 1.82) is 0 Å². The molecule has 2 fully saturated rings. The Hall–Kier alpha value is -3.35. The molecule has 0 spiro atoms. The largest absolute Gasteiger partial charge is 0.497 e. The van der Waals surface area contributed by atoms with Gasteiger partial charge < -0.3 is 19.1 Å². The van der Waals surface area contributed by atoms with E-state index in [1.54, 1.807) is 14.2 Å². The molecule has 2 aliphatic rings. The molecule has 3 unspecified atom stereocenters. The van der Waals surface area contributed by atoms with E-state index in [2.05, 4.69) is 34.1 Å². The molecule has 1 saturated heterocycles. The smallest absolute Gasteiger partial charge is 0.321 e. The quantitative estimate of drug-likeness (QED) is 0.453. The molecule has 1 aliphatic heterocycles. The fourth-order valence-electron chi connectivity index (χ4n) is 5.07. The molecule has 0 N–H and O–H groups in total. The van der Waals surface area contributed by atoms with E-state index in [0.717, 1.165) is 43.1 Å². The number of anilines is 1. The molecule has 1 saturated carbocycles. The van der Waals surface area contributed by atoms with Crippen molar-refractivity contribution in [2.45, 2.75) is 24.2 Å². The summed E-state index contributed by atoms with van der Waals surface area (Å²) in [4.78, 5) is 18.4. The average molecular weight is 473 g/mol. The number of hydrogen-bond acceptors (Lipinski definition) is 6. The molecule has 0 aromatic heterocycles. The van der Waals surface area contributed by atoms with E-state index >= 15 is 0 Å². The number of hydrogen-bond donors (Lipinski definition) is 0. The molecule has 5 rings (SSSR count). The number of nitrogens with zero attached hydrogens (tertiary/aromatic N) is 2. The number of methoxy groups -OCH3 is 2. The molecule has 1 aliphatic carbocycles. The average Bonchev–Trinajstić information content (AvgIpc) is 3.69. The Kier molecular flexibility index (Phi) is 6.75. The molecule has 3 aromatic carbocycles. The monoisotopic (exact) mass is 472 g/mol. The first-order valence-corrected chi connectivity index (χ1v) is 12.1. The van der Waals surface area contributed by atoms with Crippen molar-refractivity contribution in [2.75, 3.05) is 45.3 Å². The first-order chi connectivity index (χ1) is 17.2. The number of carbonyl (C=O) groups is 1. The van der Waals surface area contributed by atoms with E-state index < -0.39 is 11.6 Å². The minimum absolute atomic E-state index is 0.199. The Bertz CT molecular complexity index is 1110. The van der Waals surface area contributed by atoms with E-state index in [0.29, 0.717) is 6.42 Å². The Morgan fingerprint density at radius 3 is 2.06 bits per heavy atom. The van der Waals surface area contributed by atoms with Crippen LogP contribution in [0.15, 0.2) is 84.9 Å². The molecular formula is C29H32N2O4.